The first-order valence-corrected chi connectivity index (χ1v) is 6.51. The molecular formula is C14H10BrF4N. The largest absolute Gasteiger partial charge is 0.324 e. The van der Waals surface area contributed by atoms with E-state index in [1.54, 1.807) is 6.07 Å². The van der Waals surface area contributed by atoms with Crippen LogP contribution in [0.15, 0.2) is 34.8 Å². The Morgan fingerprint density at radius 1 is 0.950 bits per heavy atom. The molecule has 0 bridgehead atoms. The molecule has 0 radical (unpaired) electrons. The fourth-order valence-corrected chi connectivity index (χ4v) is 2.16. The third-order valence-electron chi connectivity index (χ3n) is 2.89. The maximum atomic E-state index is 13.7. The van der Waals surface area contributed by atoms with Gasteiger partial charge < -0.3 is 5.73 Å². The highest BCUT2D eigenvalue weighted by molar-refractivity contribution is 9.10. The Morgan fingerprint density at radius 3 is 2.10 bits per heavy atom. The van der Waals surface area contributed by atoms with E-state index >= 15 is 0 Å². The third-order valence-corrected chi connectivity index (χ3v) is 3.38. The van der Waals surface area contributed by atoms with E-state index in [1.807, 2.05) is 0 Å². The van der Waals surface area contributed by atoms with Gasteiger partial charge >= 0.3 is 0 Å². The van der Waals surface area contributed by atoms with Crippen LogP contribution in [0, 0.1) is 23.3 Å². The second-order valence-electron chi connectivity index (χ2n) is 4.34. The van der Waals surface area contributed by atoms with Gasteiger partial charge in [-0.2, -0.15) is 0 Å². The summed E-state index contributed by atoms with van der Waals surface area (Å²) in [5, 5.41) is 0. The van der Waals surface area contributed by atoms with Gasteiger partial charge in [0.2, 0.25) is 0 Å². The van der Waals surface area contributed by atoms with Gasteiger partial charge in [-0.1, -0.05) is 22.0 Å². The van der Waals surface area contributed by atoms with Crippen molar-refractivity contribution in [1.29, 1.82) is 0 Å². The highest BCUT2D eigenvalue weighted by atomic mass is 79.9. The standard InChI is InChI=1S/C14H10BrF4N/c15-9-2-1-7(10(16)6-9)5-13(20)8-3-11(17)14(19)12(18)4-8/h1-4,6,13H,5,20H2. The molecule has 2 aromatic rings. The minimum absolute atomic E-state index is 0.0453. The molecule has 20 heavy (non-hydrogen) atoms. The van der Waals surface area contributed by atoms with E-state index in [0.29, 0.717) is 10.0 Å². The molecule has 0 amide bonds. The zero-order valence-electron chi connectivity index (χ0n) is 10.1. The molecule has 106 valence electrons. The summed E-state index contributed by atoms with van der Waals surface area (Å²) in [5.41, 5.74) is 6.17. The van der Waals surface area contributed by atoms with E-state index in [2.05, 4.69) is 15.9 Å². The van der Waals surface area contributed by atoms with Gasteiger partial charge in [-0.3, -0.25) is 0 Å². The van der Waals surface area contributed by atoms with Gasteiger partial charge in [0.15, 0.2) is 17.5 Å². The van der Waals surface area contributed by atoms with Crippen molar-refractivity contribution in [1.82, 2.24) is 0 Å². The van der Waals surface area contributed by atoms with Crippen LogP contribution in [0.1, 0.15) is 17.2 Å². The van der Waals surface area contributed by atoms with Crippen molar-refractivity contribution in [3.8, 4) is 0 Å². The minimum Gasteiger partial charge on any atom is -0.324 e. The summed E-state index contributed by atoms with van der Waals surface area (Å²) in [6.45, 7) is 0. The molecule has 0 aliphatic carbocycles. The van der Waals surface area contributed by atoms with Gasteiger partial charge in [-0.25, -0.2) is 17.6 Å². The average Bonchev–Trinajstić information content (AvgIpc) is 2.38. The SMILES string of the molecule is NC(Cc1ccc(Br)cc1F)c1cc(F)c(F)c(F)c1. The molecule has 1 unspecified atom stereocenters. The number of rotatable bonds is 3. The van der Waals surface area contributed by atoms with E-state index < -0.39 is 29.3 Å². The van der Waals surface area contributed by atoms with E-state index in [4.69, 9.17) is 5.73 Å². The van der Waals surface area contributed by atoms with Crippen LogP contribution in [0.4, 0.5) is 17.6 Å². The summed E-state index contributed by atoms with van der Waals surface area (Å²) in [4.78, 5) is 0. The van der Waals surface area contributed by atoms with Crippen LogP contribution < -0.4 is 5.73 Å². The molecule has 2 rings (SSSR count). The number of nitrogens with two attached hydrogens (primary N) is 1. The first-order chi connectivity index (χ1) is 9.38. The smallest absolute Gasteiger partial charge is 0.194 e. The van der Waals surface area contributed by atoms with Gasteiger partial charge in [-0.05, 0) is 41.8 Å². The fraction of sp³-hybridized carbons (Fsp3) is 0.143. The molecule has 0 aromatic heterocycles. The van der Waals surface area contributed by atoms with Crippen LogP contribution >= 0.6 is 15.9 Å². The van der Waals surface area contributed by atoms with Gasteiger partial charge in [-0.15, -0.1) is 0 Å². The predicted octanol–water partition coefficient (Wildman–Crippen LogP) is 4.25. The lowest BCUT2D eigenvalue weighted by Gasteiger charge is -2.13. The molecule has 0 saturated heterocycles. The van der Waals surface area contributed by atoms with Gasteiger partial charge in [0.25, 0.3) is 0 Å². The van der Waals surface area contributed by atoms with Crippen molar-refractivity contribution < 1.29 is 17.6 Å². The highest BCUT2D eigenvalue weighted by Crippen LogP contribution is 2.23. The van der Waals surface area contributed by atoms with Crippen molar-refractivity contribution >= 4 is 15.9 Å². The van der Waals surface area contributed by atoms with Crippen LogP contribution in [0.25, 0.3) is 0 Å². The van der Waals surface area contributed by atoms with Gasteiger partial charge in [0.1, 0.15) is 5.82 Å². The van der Waals surface area contributed by atoms with E-state index in [9.17, 15) is 17.6 Å². The summed E-state index contributed by atoms with van der Waals surface area (Å²) in [5.74, 6) is -4.65. The number of halogens is 5. The predicted molar refractivity (Wildman–Crippen MR) is 71.0 cm³/mol. The molecule has 0 fully saturated rings. The molecule has 6 heteroatoms. The summed E-state index contributed by atoms with van der Waals surface area (Å²) in [7, 11) is 0. The summed E-state index contributed by atoms with van der Waals surface area (Å²) < 4.78 is 53.3. The van der Waals surface area contributed by atoms with E-state index in [-0.39, 0.29) is 12.0 Å². The van der Waals surface area contributed by atoms with Gasteiger partial charge in [0, 0.05) is 10.5 Å². The monoisotopic (exact) mass is 347 g/mol. The van der Waals surface area contributed by atoms with Crippen molar-refractivity contribution in [3.63, 3.8) is 0 Å². The van der Waals surface area contributed by atoms with Crippen LogP contribution in [-0.4, -0.2) is 0 Å². The number of hydrogen-bond acceptors (Lipinski definition) is 1. The quantitative estimate of drug-likeness (QED) is 0.651. The molecular weight excluding hydrogens is 338 g/mol. The van der Waals surface area contributed by atoms with Crippen LogP contribution in [0.2, 0.25) is 0 Å². The Bertz CT molecular complexity index is 622. The highest BCUT2D eigenvalue weighted by Gasteiger charge is 2.16. The van der Waals surface area contributed by atoms with E-state index in [0.717, 1.165) is 12.1 Å². The minimum atomic E-state index is -1.55. The second-order valence-corrected chi connectivity index (χ2v) is 5.26. The molecule has 0 saturated carbocycles. The topological polar surface area (TPSA) is 26.0 Å². The van der Waals surface area contributed by atoms with Crippen LogP contribution in [-0.2, 0) is 6.42 Å². The maximum Gasteiger partial charge on any atom is 0.194 e. The summed E-state index contributed by atoms with van der Waals surface area (Å²) in [6.07, 6.45) is 0.0453. The second kappa shape index (κ2) is 5.93. The summed E-state index contributed by atoms with van der Waals surface area (Å²) in [6, 6.07) is 5.23. The molecule has 2 aromatic carbocycles. The molecule has 1 nitrogen and oxygen atoms in total. The molecule has 0 aliphatic heterocycles. The first kappa shape index (κ1) is 15.0. The first-order valence-electron chi connectivity index (χ1n) is 5.72. The van der Waals surface area contributed by atoms with E-state index in [1.165, 1.54) is 12.1 Å². The van der Waals surface area contributed by atoms with Crippen LogP contribution in [0.3, 0.4) is 0 Å². The fourth-order valence-electron chi connectivity index (χ4n) is 1.83. The molecule has 0 heterocycles. The van der Waals surface area contributed by atoms with Crippen molar-refractivity contribution in [2.75, 3.05) is 0 Å². The lowest BCUT2D eigenvalue weighted by molar-refractivity contribution is 0.443. The Labute approximate surface area is 121 Å². The Balaban J connectivity index is 2.26. The third kappa shape index (κ3) is 3.19. The summed E-state index contributed by atoms with van der Waals surface area (Å²) >= 11 is 3.12. The lowest BCUT2D eigenvalue weighted by atomic mass is 9.99. The zero-order chi connectivity index (χ0) is 14.9. The van der Waals surface area contributed by atoms with Crippen molar-refractivity contribution in [3.05, 3.63) is 69.2 Å². The number of hydrogen-bond donors (Lipinski definition) is 1. The Hall–Kier alpha value is -1.40. The molecule has 0 aliphatic rings. The molecule has 1 atom stereocenters. The number of benzene rings is 2. The Morgan fingerprint density at radius 2 is 1.55 bits per heavy atom. The lowest BCUT2D eigenvalue weighted by Crippen LogP contribution is -2.15. The molecule has 0 spiro atoms. The Kier molecular flexibility index (Phi) is 4.45. The van der Waals surface area contributed by atoms with Crippen LogP contribution in [0.5, 0.6) is 0 Å². The average molecular weight is 348 g/mol. The van der Waals surface area contributed by atoms with Crippen molar-refractivity contribution in [2.45, 2.75) is 12.5 Å². The molecule has 2 N–H and O–H groups in total. The zero-order valence-corrected chi connectivity index (χ0v) is 11.7. The maximum absolute atomic E-state index is 13.7. The van der Waals surface area contributed by atoms with Crippen molar-refractivity contribution in [2.24, 2.45) is 5.73 Å². The van der Waals surface area contributed by atoms with Gasteiger partial charge in [0.05, 0.1) is 0 Å². The normalized spacial score (nSPS) is 12.5.